The summed E-state index contributed by atoms with van der Waals surface area (Å²) in [6.07, 6.45) is 5.25. The minimum atomic E-state index is -0.527. The van der Waals surface area contributed by atoms with Crippen LogP contribution in [0.25, 0.3) is 10.9 Å². The van der Waals surface area contributed by atoms with Crippen LogP contribution in [-0.4, -0.2) is 64.9 Å². The number of hydrogen-bond donors (Lipinski definition) is 1. The molecule has 0 radical (unpaired) electrons. The van der Waals surface area contributed by atoms with Crippen molar-refractivity contribution < 1.29 is 9.84 Å². The highest BCUT2D eigenvalue weighted by atomic mass is 32.1. The van der Waals surface area contributed by atoms with E-state index in [9.17, 15) is 5.11 Å². The van der Waals surface area contributed by atoms with Crippen molar-refractivity contribution in [1.29, 1.82) is 0 Å². The summed E-state index contributed by atoms with van der Waals surface area (Å²) in [6.45, 7) is 4.95. The van der Waals surface area contributed by atoms with Crippen molar-refractivity contribution in [2.24, 2.45) is 5.92 Å². The van der Waals surface area contributed by atoms with Crippen LogP contribution in [0.15, 0.2) is 23.6 Å². The molecular weight excluding hydrogens is 436 g/mol. The van der Waals surface area contributed by atoms with E-state index >= 15 is 0 Å². The van der Waals surface area contributed by atoms with E-state index in [-0.39, 0.29) is 5.92 Å². The number of aliphatic hydroxyl groups is 1. The van der Waals surface area contributed by atoms with Crippen molar-refractivity contribution in [3.8, 4) is 0 Å². The van der Waals surface area contributed by atoms with Crippen molar-refractivity contribution in [2.75, 3.05) is 49.2 Å². The Kier molecular flexibility index (Phi) is 5.85. The molecule has 3 fully saturated rings. The van der Waals surface area contributed by atoms with Crippen LogP contribution >= 0.6 is 11.3 Å². The van der Waals surface area contributed by atoms with E-state index in [1.54, 1.807) is 11.3 Å². The molecule has 0 amide bonds. The third-order valence-corrected chi connectivity index (χ3v) is 8.34. The van der Waals surface area contributed by atoms with E-state index < -0.39 is 6.10 Å². The molecule has 174 valence electrons. The lowest BCUT2D eigenvalue weighted by molar-refractivity contribution is 0.0974. The molecule has 3 aliphatic rings. The Balaban J connectivity index is 1.21. The van der Waals surface area contributed by atoms with Gasteiger partial charge in [-0.25, -0.2) is 4.98 Å². The molecule has 1 aromatic carbocycles. The molecule has 1 aliphatic carbocycles. The van der Waals surface area contributed by atoms with Gasteiger partial charge in [-0.3, -0.25) is 0 Å². The molecule has 0 spiro atoms. The molecule has 2 aromatic heterocycles. The molecule has 2 atom stereocenters. The molecule has 6 rings (SSSR count). The second-order valence-corrected chi connectivity index (χ2v) is 10.3. The van der Waals surface area contributed by atoms with E-state index in [0.29, 0.717) is 5.92 Å². The number of benzene rings is 1. The van der Waals surface area contributed by atoms with Gasteiger partial charge in [-0.15, -0.1) is 21.5 Å². The molecule has 2 saturated heterocycles. The number of ether oxygens (including phenoxy) is 1. The number of aromatic nitrogens is 4. The van der Waals surface area contributed by atoms with Crippen LogP contribution in [0.3, 0.4) is 0 Å². The Bertz CT molecular complexity index is 1110. The number of anilines is 2. The number of fused-ring (bicyclic) bond motifs is 1. The van der Waals surface area contributed by atoms with Gasteiger partial charge in [-0.2, -0.15) is 0 Å². The van der Waals surface area contributed by atoms with Gasteiger partial charge in [-0.1, -0.05) is 6.42 Å². The van der Waals surface area contributed by atoms with Crippen LogP contribution in [0.5, 0.6) is 0 Å². The van der Waals surface area contributed by atoms with Gasteiger partial charge in [0.05, 0.1) is 18.9 Å². The topological polar surface area (TPSA) is 87.5 Å². The quantitative estimate of drug-likeness (QED) is 0.611. The summed E-state index contributed by atoms with van der Waals surface area (Å²) in [5.74, 6) is 1.60. The van der Waals surface area contributed by atoms with Gasteiger partial charge in [0.1, 0.15) is 16.6 Å². The summed E-state index contributed by atoms with van der Waals surface area (Å²) in [4.78, 5) is 9.40. The Morgan fingerprint density at radius 1 is 1.03 bits per heavy atom. The van der Waals surface area contributed by atoms with E-state index in [1.165, 1.54) is 25.0 Å². The van der Waals surface area contributed by atoms with Crippen molar-refractivity contribution in [2.45, 2.75) is 44.1 Å². The molecule has 33 heavy (non-hydrogen) atoms. The zero-order valence-electron chi connectivity index (χ0n) is 18.8. The van der Waals surface area contributed by atoms with Gasteiger partial charge < -0.3 is 19.6 Å². The third-order valence-electron chi connectivity index (χ3n) is 7.41. The minimum absolute atomic E-state index is 0.136. The molecule has 2 unspecified atom stereocenters. The lowest BCUT2D eigenvalue weighted by Gasteiger charge is -2.35. The van der Waals surface area contributed by atoms with Crippen molar-refractivity contribution >= 4 is 33.7 Å². The standard InChI is InChI=1S/C24H30N6O2S/c31-22(24-25-21(15-33-24)16-3-1-4-16)17-5-2-8-30(14-17)23-19-7-6-18(13-20(19)26-28-27-23)29-9-11-32-12-10-29/h6-7,13,15-17,22,31H,1-5,8-12,14H2. The average Bonchev–Trinajstić information content (AvgIpc) is 3.32. The average molecular weight is 467 g/mol. The van der Waals surface area contributed by atoms with Crippen molar-refractivity contribution in [1.82, 2.24) is 20.4 Å². The summed E-state index contributed by atoms with van der Waals surface area (Å²) >= 11 is 1.61. The zero-order chi connectivity index (χ0) is 22.2. The van der Waals surface area contributed by atoms with Crippen LogP contribution < -0.4 is 9.80 Å². The van der Waals surface area contributed by atoms with Crippen molar-refractivity contribution in [3.63, 3.8) is 0 Å². The molecule has 9 heteroatoms. The maximum absolute atomic E-state index is 11.1. The highest BCUT2D eigenvalue weighted by molar-refractivity contribution is 7.09. The normalized spacial score (nSPS) is 23.0. The Morgan fingerprint density at radius 3 is 2.73 bits per heavy atom. The Hall–Kier alpha value is -2.36. The van der Waals surface area contributed by atoms with Crippen LogP contribution in [0, 0.1) is 5.92 Å². The lowest BCUT2D eigenvalue weighted by Crippen LogP contribution is -2.38. The fourth-order valence-corrected chi connectivity index (χ4v) is 6.18. The van der Waals surface area contributed by atoms with Gasteiger partial charge >= 0.3 is 0 Å². The third kappa shape index (κ3) is 4.18. The molecule has 2 aliphatic heterocycles. The van der Waals surface area contributed by atoms with E-state index in [1.807, 2.05) is 0 Å². The smallest absolute Gasteiger partial charge is 0.162 e. The van der Waals surface area contributed by atoms with Crippen LogP contribution in [0.4, 0.5) is 11.5 Å². The maximum Gasteiger partial charge on any atom is 0.162 e. The van der Waals surface area contributed by atoms with Gasteiger partial charge in [0, 0.05) is 54.5 Å². The summed E-state index contributed by atoms with van der Waals surface area (Å²) in [5.41, 5.74) is 3.18. The first-order valence-corrected chi connectivity index (χ1v) is 13.0. The Morgan fingerprint density at radius 2 is 1.91 bits per heavy atom. The number of rotatable bonds is 5. The first-order valence-electron chi connectivity index (χ1n) is 12.1. The zero-order valence-corrected chi connectivity index (χ0v) is 19.6. The lowest BCUT2D eigenvalue weighted by atomic mass is 9.83. The van der Waals surface area contributed by atoms with Crippen LogP contribution in [-0.2, 0) is 4.74 Å². The fourth-order valence-electron chi connectivity index (χ4n) is 5.20. The maximum atomic E-state index is 11.1. The number of hydrogen-bond acceptors (Lipinski definition) is 9. The fraction of sp³-hybridized carbons (Fsp3) is 0.583. The van der Waals surface area contributed by atoms with E-state index in [4.69, 9.17) is 9.72 Å². The molecule has 8 nitrogen and oxygen atoms in total. The number of morpholine rings is 1. The summed E-state index contributed by atoms with van der Waals surface area (Å²) in [7, 11) is 0. The molecular formula is C24H30N6O2S. The number of thiazole rings is 1. The van der Waals surface area contributed by atoms with Crippen LogP contribution in [0.1, 0.15) is 54.8 Å². The van der Waals surface area contributed by atoms with Gasteiger partial charge in [0.25, 0.3) is 0 Å². The summed E-state index contributed by atoms with van der Waals surface area (Å²) in [6, 6.07) is 6.36. The van der Waals surface area contributed by atoms with E-state index in [2.05, 4.69) is 48.8 Å². The molecule has 4 heterocycles. The highest BCUT2D eigenvalue weighted by Crippen LogP contribution is 2.39. The largest absolute Gasteiger partial charge is 0.386 e. The van der Waals surface area contributed by atoms with Crippen molar-refractivity contribution in [3.05, 3.63) is 34.3 Å². The first kappa shape index (κ1) is 21.2. The molecule has 0 bridgehead atoms. The molecule has 1 N–H and O–H groups in total. The second-order valence-electron chi connectivity index (χ2n) is 9.45. The molecule has 3 aromatic rings. The van der Waals surface area contributed by atoms with Gasteiger partial charge in [0.2, 0.25) is 0 Å². The summed E-state index contributed by atoms with van der Waals surface area (Å²) in [5, 5.41) is 28.0. The predicted molar refractivity (Wildman–Crippen MR) is 129 cm³/mol. The number of piperidine rings is 1. The summed E-state index contributed by atoms with van der Waals surface area (Å²) < 4.78 is 5.48. The molecule has 1 saturated carbocycles. The number of aliphatic hydroxyl groups excluding tert-OH is 1. The van der Waals surface area contributed by atoms with E-state index in [0.717, 1.165) is 79.7 Å². The second kappa shape index (κ2) is 9.12. The minimum Gasteiger partial charge on any atom is -0.386 e. The highest BCUT2D eigenvalue weighted by Gasteiger charge is 2.31. The Labute approximate surface area is 197 Å². The van der Waals surface area contributed by atoms with Gasteiger partial charge in [-0.05, 0) is 49.1 Å². The van der Waals surface area contributed by atoms with Crippen LogP contribution in [0.2, 0.25) is 0 Å². The number of nitrogens with zero attached hydrogens (tertiary/aromatic N) is 6. The SMILES string of the molecule is OC(c1nc(C2CCC2)cs1)C1CCCN(c2nnnc3cc(N4CCOCC4)ccc23)C1. The predicted octanol–water partition coefficient (Wildman–Crippen LogP) is 3.54. The first-order chi connectivity index (χ1) is 16.3. The monoisotopic (exact) mass is 466 g/mol. The van der Waals surface area contributed by atoms with Gasteiger partial charge in [0.15, 0.2) is 5.82 Å².